The summed E-state index contributed by atoms with van der Waals surface area (Å²) < 4.78 is 33.8. The van der Waals surface area contributed by atoms with Crippen LogP contribution in [0.4, 0.5) is 8.78 Å². The van der Waals surface area contributed by atoms with Crippen molar-refractivity contribution in [2.24, 2.45) is 5.92 Å². The second-order valence-corrected chi connectivity index (χ2v) is 8.26. The third-order valence-corrected chi connectivity index (χ3v) is 6.48. The van der Waals surface area contributed by atoms with Gasteiger partial charge in [-0.1, -0.05) is 17.6 Å². The fraction of sp³-hybridized carbons (Fsp3) is 0.409. The molecule has 5 rings (SSSR count). The smallest absolute Gasteiger partial charge is 0.234 e. The van der Waals surface area contributed by atoms with E-state index < -0.39 is 17.7 Å². The Kier molecular flexibility index (Phi) is 4.83. The van der Waals surface area contributed by atoms with E-state index in [1.165, 1.54) is 18.2 Å². The minimum Gasteiger partial charge on any atom is -0.387 e. The molecule has 8 heteroatoms. The Morgan fingerprint density at radius 1 is 1.23 bits per heavy atom. The van der Waals surface area contributed by atoms with Crippen LogP contribution in [0.5, 0.6) is 0 Å². The molecule has 30 heavy (non-hydrogen) atoms. The van der Waals surface area contributed by atoms with Crippen molar-refractivity contribution < 1.29 is 18.4 Å². The second kappa shape index (κ2) is 7.52. The van der Waals surface area contributed by atoms with Crippen LogP contribution in [-0.2, 0) is 5.41 Å². The maximum atomic E-state index is 14.1. The number of halogens is 2. The van der Waals surface area contributed by atoms with Gasteiger partial charge in [0.05, 0.1) is 17.1 Å². The first-order valence-electron chi connectivity index (χ1n) is 10.2. The fourth-order valence-electron chi connectivity index (χ4n) is 5.08. The first-order valence-corrected chi connectivity index (χ1v) is 10.2. The largest absolute Gasteiger partial charge is 0.387 e. The Morgan fingerprint density at radius 3 is 2.83 bits per heavy atom. The van der Waals surface area contributed by atoms with Crippen LogP contribution < -0.4 is 0 Å². The molecule has 1 saturated heterocycles. The minimum absolute atomic E-state index is 0.152. The van der Waals surface area contributed by atoms with Gasteiger partial charge in [0.1, 0.15) is 11.6 Å². The van der Waals surface area contributed by atoms with Gasteiger partial charge in [0.2, 0.25) is 11.7 Å². The van der Waals surface area contributed by atoms with Gasteiger partial charge >= 0.3 is 0 Å². The zero-order valence-corrected chi connectivity index (χ0v) is 16.3. The third-order valence-electron chi connectivity index (χ3n) is 6.48. The van der Waals surface area contributed by atoms with Crippen LogP contribution in [0.15, 0.2) is 47.2 Å². The van der Waals surface area contributed by atoms with Gasteiger partial charge < -0.3 is 9.63 Å². The number of hydrogen-bond acceptors (Lipinski definition) is 6. The molecule has 3 atom stereocenters. The van der Waals surface area contributed by atoms with Crippen molar-refractivity contribution in [1.82, 2.24) is 20.0 Å². The zero-order chi connectivity index (χ0) is 20.7. The van der Waals surface area contributed by atoms with E-state index in [1.54, 1.807) is 12.4 Å². The molecule has 1 N–H and O–H groups in total. The van der Waals surface area contributed by atoms with Crippen LogP contribution in [0, 0.1) is 17.6 Å². The van der Waals surface area contributed by atoms with Crippen molar-refractivity contribution >= 4 is 0 Å². The van der Waals surface area contributed by atoms with Gasteiger partial charge in [-0.2, -0.15) is 4.98 Å². The second-order valence-electron chi connectivity index (χ2n) is 8.26. The Labute approximate surface area is 172 Å². The van der Waals surface area contributed by atoms with Gasteiger partial charge in [-0.25, -0.2) is 8.78 Å². The summed E-state index contributed by atoms with van der Waals surface area (Å²) in [5.74, 6) is -0.0513. The number of aliphatic hydroxyl groups excluding tert-OH is 1. The van der Waals surface area contributed by atoms with Crippen LogP contribution in [0.1, 0.15) is 36.8 Å². The number of likely N-dealkylation sites (tertiary alicyclic amines) is 1. The number of benzene rings is 1. The van der Waals surface area contributed by atoms with Gasteiger partial charge in [0, 0.05) is 37.6 Å². The van der Waals surface area contributed by atoms with Crippen LogP contribution in [0.3, 0.4) is 0 Å². The van der Waals surface area contributed by atoms with Gasteiger partial charge in [0.15, 0.2) is 0 Å². The van der Waals surface area contributed by atoms with Gasteiger partial charge in [-0.15, -0.1) is 0 Å². The monoisotopic (exact) mass is 412 g/mol. The van der Waals surface area contributed by atoms with Crippen molar-refractivity contribution in [1.29, 1.82) is 0 Å². The molecule has 2 aromatic heterocycles. The lowest BCUT2D eigenvalue weighted by molar-refractivity contribution is 0.113. The highest BCUT2D eigenvalue weighted by Gasteiger charge is 2.54. The molecule has 156 valence electrons. The van der Waals surface area contributed by atoms with E-state index in [1.807, 2.05) is 17.0 Å². The third kappa shape index (κ3) is 3.20. The molecule has 0 bridgehead atoms. The van der Waals surface area contributed by atoms with Crippen molar-refractivity contribution in [3.05, 3.63) is 65.8 Å². The SMILES string of the molecule is O[C@@H](CN1C[C@H]2CCC[C@@]2(c2nc(-c3cccnc3)no2)C1)c1c(F)cccc1F. The van der Waals surface area contributed by atoms with Gasteiger partial charge in [-0.3, -0.25) is 9.88 Å². The molecule has 0 amide bonds. The highest BCUT2D eigenvalue weighted by molar-refractivity contribution is 5.52. The summed E-state index contributed by atoms with van der Waals surface area (Å²) in [5.41, 5.74) is 0.222. The summed E-state index contributed by atoms with van der Waals surface area (Å²) in [6.45, 7) is 1.48. The number of aliphatic hydroxyl groups is 1. The summed E-state index contributed by atoms with van der Waals surface area (Å²) in [6, 6.07) is 7.33. The number of aromatic nitrogens is 3. The lowest BCUT2D eigenvalue weighted by atomic mass is 9.80. The molecular formula is C22H22F2N4O2. The van der Waals surface area contributed by atoms with Crippen molar-refractivity contribution in [2.45, 2.75) is 30.8 Å². The molecule has 1 aliphatic carbocycles. The summed E-state index contributed by atoms with van der Waals surface area (Å²) in [5, 5.41) is 14.7. The predicted molar refractivity (Wildman–Crippen MR) is 104 cm³/mol. The number of nitrogens with zero attached hydrogens (tertiary/aromatic N) is 4. The standard InChI is InChI=1S/C22H22F2N4O2/c23-16-6-1-7-17(24)19(16)18(29)12-28-11-15-5-2-8-22(15,13-28)21-26-20(27-30-21)14-4-3-9-25-10-14/h1,3-4,6-7,9-10,15,18,29H,2,5,8,11-13H2/t15-,18+,22-/m1/s1. The zero-order valence-electron chi connectivity index (χ0n) is 16.3. The molecule has 0 spiro atoms. The highest BCUT2D eigenvalue weighted by atomic mass is 19.1. The lowest BCUT2D eigenvalue weighted by Crippen LogP contribution is -2.34. The average molecular weight is 412 g/mol. The van der Waals surface area contributed by atoms with E-state index in [-0.39, 0.29) is 17.5 Å². The van der Waals surface area contributed by atoms with E-state index >= 15 is 0 Å². The topological polar surface area (TPSA) is 75.3 Å². The summed E-state index contributed by atoms with van der Waals surface area (Å²) in [7, 11) is 0. The normalized spacial score (nSPS) is 24.8. The van der Waals surface area contributed by atoms with Crippen molar-refractivity contribution in [3.63, 3.8) is 0 Å². The molecule has 0 unspecified atom stereocenters. The first kappa shape index (κ1) is 19.3. The van der Waals surface area contributed by atoms with Crippen LogP contribution in [0.2, 0.25) is 0 Å². The summed E-state index contributed by atoms with van der Waals surface area (Å²) >= 11 is 0. The number of rotatable bonds is 5. The number of pyridine rings is 1. The van der Waals surface area contributed by atoms with Crippen LogP contribution >= 0.6 is 0 Å². The van der Waals surface area contributed by atoms with Gasteiger partial charge in [-0.05, 0) is 43.0 Å². The van der Waals surface area contributed by atoms with Crippen LogP contribution in [0.25, 0.3) is 11.4 Å². The fourth-order valence-corrected chi connectivity index (χ4v) is 5.08. The van der Waals surface area contributed by atoms with Gasteiger partial charge in [0.25, 0.3) is 0 Å². The Bertz CT molecular complexity index is 1020. The van der Waals surface area contributed by atoms with Crippen molar-refractivity contribution in [2.75, 3.05) is 19.6 Å². The molecule has 2 fully saturated rings. The Hall–Kier alpha value is -2.71. The van der Waals surface area contributed by atoms with E-state index in [0.717, 1.165) is 31.4 Å². The summed E-state index contributed by atoms with van der Waals surface area (Å²) in [6.07, 6.45) is 5.13. The molecule has 1 aromatic carbocycles. The van der Waals surface area contributed by atoms with Crippen molar-refractivity contribution in [3.8, 4) is 11.4 Å². The molecule has 3 aromatic rings. The predicted octanol–water partition coefficient (Wildman–Crippen LogP) is 3.50. The number of β-amino-alcohol motifs (C(OH)–C–C–N with tert-alkyl or cyclic N) is 1. The molecule has 6 nitrogen and oxygen atoms in total. The molecule has 0 radical (unpaired) electrons. The maximum Gasteiger partial charge on any atom is 0.234 e. The van der Waals surface area contributed by atoms with E-state index in [9.17, 15) is 13.9 Å². The first-order chi connectivity index (χ1) is 14.6. The van der Waals surface area contributed by atoms with Crippen LogP contribution in [-0.4, -0.2) is 44.8 Å². The maximum absolute atomic E-state index is 14.1. The average Bonchev–Trinajstić information content (AvgIpc) is 3.43. The Balaban J connectivity index is 1.37. The Morgan fingerprint density at radius 2 is 2.07 bits per heavy atom. The lowest BCUT2D eigenvalue weighted by Gasteiger charge is -2.25. The molecule has 1 saturated carbocycles. The molecular weight excluding hydrogens is 390 g/mol. The van der Waals surface area contributed by atoms with E-state index in [4.69, 9.17) is 4.52 Å². The number of fused-ring (bicyclic) bond motifs is 1. The summed E-state index contributed by atoms with van der Waals surface area (Å²) in [4.78, 5) is 10.8. The molecule has 1 aliphatic heterocycles. The molecule has 2 aliphatic rings. The molecule has 3 heterocycles. The quantitative estimate of drug-likeness (QED) is 0.691. The minimum atomic E-state index is -1.24. The number of hydrogen-bond donors (Lipinski definition) is 1. The van der Waals surface area contributed by atoms with E-state index in [0.29, 0.717) is 24.2 Å². The highest BCUT2D eigenvalue weighted by Crippen LogP contribution is 2.50. The van der Waals surface area contributed by atoms with E-state index in [2.05, 4.69) is 15.1 Å².